The number of nitrogens with zero attached hydrogens (tertiary/aromatic N) is 3. The topological polar surface area (TPSA) is 76.5 Å². The van der Waals surface area contributed by atoms with Crippen LogP contribution in [-0.4, -0.2) is 46.4 Å². The fraction of sp³-hybridized carbons (Fsp3) is 0.320. The summed E-state index contributed by atoms with van der Waals surface area (Å²) in [7, 11) is 0. The van der Waals surface area contributed by atoms with Crippen LogP contribution in [-0.2, 0) is 4.74 Å². The van der Waals surface area contributed by atoms with E-state index in [-0.39, 0.29) is 11.9 Å². The standard InChI is InChI=1S/C25H27ClN4O3/c1-3-33-25(32)19-9-7-18(8-10-19)23-17(2)22(24(31)28-29-15-5-4-6-16-29)27-30(23)21-13-11-20(26)12-14-21/h7-14H,3-6,15-16H2,1-2H3,(H,28,31). The first-order valence-corrected chi connectivity index (χ1v) is 11.5. The van der Waals surface area contributed by atoms with Crippen LogP contribution in [0.1, 0.15) is 52.6 Å². The van der Waals surface area contributed by atoms with Crippen molar-refractivity contribution >= 4 is 23.5 Å². The zero-order valence-electron chi connectivity index (χ0n) is 18.8. The van der Waals surface area contributed by atoms with Gasteiger partial charge in [0.15, 0.2) is 5.69 Å². The van der Waals surface area contributed by atoms with Gasteiger partial charge in [0.05, 0.1) is 23.6 Å². The number of halogens is 1. The summed E-state index contributed by atoms with van der Waals surface area (Å²) in [5, 5.41) is 7.26. The van der Waals surface area contributed by atoms with E-state index in [1.165, 1.54) is 6.42 Å². The van der Waals surface area contributed by atoms with Crippen LogP contribution in [0.5, 0.6) is 0 Å². The van der Waals surface area contributed by atoms with Gasteiger partial charge in [0.2, 0.25) is 0 Å². The van der Waals surface area contributed by atoms with Crippen molar-refractivity contribution in [1.82, 2.24) is 20.2 Å². The molecule has 0 aliphatic carbocycles. The number of hydrazine groups is 1. The molecule has 172 valence electrons. The first kappa shape index (κ1) is 23.0. The lowest BCUT2D eigenvalue weighted by Crippen LogP contribution is -2.45. The number of nitrogens with one attached hydrogen (secondary N) is 1. The molecule has 2 aromatic carbocycles. The van der Waals surface area contributed by atoms with Crippen LogP contribution in [0.25, 0.3) is 16.9 Å². The second-order valence-corrected chi connectivity index (χ2v) is 8.43. The molecule has 1 amide bonds. The van der Waals surface area contributed by atoms with Gasteiger partial charge in [-0.15, -0.1) is 0 Å². The van der Waals surface area contributed by atoms with Crippen LogP contribution in [0, 0.1) is 6.92 Å². The maximum absolute atomic E-state index is 13.1. The van der Waals surface area contributed by atoms with Crippen molar-refractivity contribution in [2.24, 2.45) is 0 Å². The third kappa shape index (κ3) is 5.10. The number of amides is 1. The first-order chi connectivity index (χ1) is 16.0. The summed E-state index contributed by atoms with van der Waals surface area (Å²) in [6, 6.07) is 14.4. The van der Waals surface area contributed by atoms with Crippen LogP contribution in [0.2, 0.25) is 5.02 Å². The van der Waals surface area contributed by atoms with Gasteiger partial charge in [0.1, 0.15) is 0 Å². The van der Waals surface area contributed by atoms with Crippen LogP contribution >= 0.6 is 11.6 Å². The van der Waals surface area contributed by atoms with Gasteiger partial charge in [-0.2, -0.15) is 5.10 Å². The number of carbonyl (C=O) groups is 2. The number of aromatic nitrogens is 2. The molecule has 0 radical (unpaired) electrons. The minimum absolute atomic E-state index is 0.230. The maximum atomic E-state index is 13.1. The van der Waals surface area contributed by atoms with Gasteiger partial charge in [0, 0.05) is 29.2 Å². The highest BCUT2D eigenvalue weighted by Gasteiger charge is 2.24. The lowest BCUT2D eigenvalue weighted by Gasteiger charge is -2.26. The van der Waals surface area contributed by atoms with E-state index in [9.17, 15) is 9.59 Å². The molecule has 1 aliphatic rings. The molecule has 0 atom stereocenters. The number of ether oxygens (including phenoxy) is 1. The van der Waals surface area contributed by atoms with E-state index in [0.29, 0.717) is 22.9 Å². The number of hydrogen-bond acceptors (Lipinski definition) is 5. The zero-order chi connectivity index (χ0) is 23.4. The third-order valence-corrected chi connectivity index (χ3v) is 5.95. The minimum atomic E-state index is -0.367. The summed E-state index contributed by atoms with van der Waals surface area (Å²) in [4.78, 5) is 25.2. The largest absolute Gasteiger partial charge is 0.462 e. The molecule has 7 nitrogen and oxygen atoms in total. The highest BCUT2D eigenvalue weighted by Crippen LogP contribution is 2.30. The molecule has 33 heavy (non-hydrogen) atoms. The molecule has 0 spiro atoms. The Morgan fingerprint density at radius 3 is 2.33 bits per heavy atom. The summed E-state index contributed by atoms with van der Waals surface area (Å²) in [6.07, 6.45) is 3.32. The Kier molecular flexibility index (Phi) is 7.11. The van der Waals surface area contributed by atoms with Crippen LogP contribution in [0.15, 0.2) is 48.5 Å². The Morgan fingerprint density at radius 1 is 1.03 bits per heavy atom. The molecule has 1 N–H and O–H groups in total. The van der Waals surface area contributed by atoms with Gasteiger partial charge < -0.3 is 4.74 Å². The van der Waals surface area contributed by atoms with Gasteiger partial charge in [-0.3, -0.25) is 10.2 Å². The lowest BCUT2D eigenvalue weighted by molar-refractivity contribution is 0.0526. The highest BCUT2D eigenvalue weighted by atomic mass is 35.5. The average molecular weight is 467 g/mol. The molecule has 1 fully saturated rings. The van der Waals surface area contributed by atoms with E-state index in [0.717, 1.165) is 48.4 Å². The van der Waals surface area contributed by atoms with Crippen molar-refractivity contribution in [3.8, 4) is 16.9 Å². The summed E-state index contributed by atoms with van der Waals surface area (Å²) in [5.41, 5.74) is 6.98. The predicted octanol–water partition coefficient (Wildman–Crippen LogP) is 4.81. The SMILES string of the molecule is CCOC(=O)c1ccc(-c2c(C)c(C(=O)NN3CCCCC3)nn2-c2ccc(Cl)cc2)cc1. The van der Waals surface area contributed by atoms with E-state index in [2.05, 4.69) is 10.5 Å². The third-order valence-electron chi connectivity index (χ3n) is 5.69. The summed E-state index contributed by atoms with van der Waals surface area (Å²) >= 11 is 6.08. The number of esters is 1. The summed E-state index contributed by atoms with van der Waals surface area (Å²) in [6.45, 7) is 5.66. The van der Waals surface area contributed by atoms with E-state index < -0.39 is 0 Å². The van der Waals surface area contributed by atoms with Crippen molar-refractivity contribution < 1.29 is 14.3 Å². The molecular formula is C25H27ClN4O3. The Labute approximate surface area is 198 Å². The average Bonchev–Trinajstić information content (AvgIpc) is 3.17. The van der Waals surface area contributed by atoms with Gasteiger partial charge in [0.25, 0.3) is 5.91 Å². The lowest BCUT2D eigenvalue weighted by atomic mass is 10.0. The molecule has 1 aromatic heterocycles. The monoisotopic (exact) mass is 466 g/mol. The Bertz CT molecular complexity index is 1130. The van der Waals surface area contributed by atoms with Gasteiger partial charge in [-0.1, -0.05) is 30.2 Å². The van der Waals surface area contributed by atoms with Crippen LogP contribution < -0.4 is 5.43 Å². The molecule has 2 heterocycles. The van der Waals surface area contributed by atoms with E-state index in [1.807, 2.05) is 36.2 Å². The van der Waals surface area contributed by atoms with E-state index in [4.69, 9.17) is 16.3 Å². The minimum Gasteiger partial charge on any atom is -0.462 e. The second kappa shape index (κ2) is 10.2. The molecule has 8 heteroatoms. The van der Waals surface area contributed by atoms with Gasteiger partial charge in [-0.05, 0) is 63.1 Å². The Balaban J connectivity index is 1.73. The van der Waals surface area contributed by atoms with Crippen molar-refractivity contribution in [3.63, 3.8) is 0 Å². The first-order valence-electron chi connectivity index (χ1n) is 11.2. The van der Waals surface area contributed by atoms with Crippen molar-refractivity contribution in [3.05, 3.63) is 70.4 Å². The van der Waals surface area contributed by atoms with Gasteiger partial charge in [-0.25, -0.2) is 14.5 Å². The number of carbonyl (C=O) groups excluding carboxylic acids is 2. The highest BCUT2D eigenvalue weighted by molar-refractivity contribution is 6.30. The molecular weight excluding hydrogens is 440 g/mol. The van der Waals surface area contributed by atoms with Crippen molar-refractivity contribution in [2.75, 3.05) is 19.7 Å². The Morgan fingerprint density at radius 2 is 1.70 bits per heavy atom. The molecule has 1 saturated heterocycles. The smallest absolute Gasteiger partial charge is 0.338 e. The summed E-state index contributed by atoms with van der Waals surface area (Å²) in [5.74, 6) is -0.597. The van der Waals surface area contributed by atoms with Crippen LogP contribution in [0.3, 0.4) is 0 Å². The fourth-order valence-electron chi connectivity index (χ4n) is 4.00. The molecule has 0 bridgehead atoms. The number of hydrogen-bond donors (Lipinski definition) is 1. The molecule has 4 rings (SSSR count). The Hall–Kier alpha value is -3.16. The zero-order valence-corrected chi connectivity index (χ0v) is 19.6. The molecule has 1 aliphatic heterocycles. The van der Waals surface area contributed by atoms with Crippen LogP contribution in [0.4, 0.5) is 0 Å². The molecule has 0 unspecified atom stereocenters. The maximum Gasteiger partial charge on any atom is 0.338 e. The number of piperidine rings is 1. The quantitative estimate of drug-likeness (QED) is 0.527. The molecule has 3 aromatic rings. The fourth-order valence-corrected chi connectivity index (χ4v) is 4.13. The van der Waals surface area contributed by atoms with E-state index >= 15 is 0 Å². The van der Waals surface area contributed by atoms with Crippen molar-refractivity contribution in [2.45, 2.75) is 33.1 Å². The molecule has 0 saturated carbocycles. The number of benzene rings is 2. The van der Waals surface area contributed by atoms with Gasteiger partial charge >= 0.3 is 5.97 Å². The normalized spacial score (nSPS) is 14.2. The predicted molar refractivity (Wildman–Crippen MR) is 128 cm³/mol. The second-order valence-electron chi connectivity index (χ2n) is 8.00. The number of rotatable bonds is 6. The summed E-state index contributed by atoms with van der Waals surface area (Å²) < 4.78 is 6.83. The van der Waals surface area contributed by atoms with Crippen molar-refractivity contribution in [1.29, 1.82) is 0 Å². The van der Waals surface area contributed by atoms with E-state index in [1.54, 1.807) is 35.9 Å².